The Bertz CT molecular complexity index is 955. The van der Waals surface area contributed by atoms with E-state index in [0.29, 0.717) is 5.56 Å². The SMILES string of the molecule is C/C=c1/cccc/c1=C(/CO)c1c(O)ccc2ccccc12.C=C. The van der Waals surface area contributed by atoms with Crippen molar-refractivity contribution in [2.75, 3.05) is 6.61 Å². The summed E-state index contributed by atoms with van der Waals surface area (Å²) in [4.78, 5) is 0. The molecule has 0 spiro atoms. The number of phenols is 1. The molecule has 0 aliphatic rings. The number of aromatic hydroxyl groups is 1. The molecule has 0 aliphatic heterocycles. The first-order valence-corrected chi connectivity index (χ1v) is 7.82. The molecular weight excluding hydrogens is 296 g/mol. The monoisotopic (exact) mass is 318 g/mol. The van der Waals surface area contributed by atoms with Crippen LogP contribution < -0.4 is 10.4 Å². The van der Waals surface area contributed by atoms with E-state index >= 15 is 0 Å². The number of hydrogen-bond donors (Lipinski definition) is 2. The van der Waals surface area contributed by atoms with Gasteiger partial charge in [0.2, 0.25) is 0 Å². The van der Waals surface area contributed by atoms with E-state index < -0.39 is 0 Å². The van der Waals surface area contributed by atoms with E-state index in [1.807, 2.05) is 67.6 Å². The number of aliphatic hydroxyl groups is 1. The van der Waals surface area contributed by atoms with Gasteiger partial charge in [-0.05, 0) is 39.8 Å². The van der Waals surface area contributed by atoms with Crippen molar-refractivity contribution in [1.82, 2.24) is 0 Å². The molecule has 0 fully saturated rings. The average Bonchev–Trinajstić information content (AvgIpc) is 2.66. The van der Waals surface area contributed by atoms with Gasteiger partial charge >= 0.3 is 0 Å². The summed E-state index contributed by atoms with van der Waals surface area (Å²) in [5, 5.41) is 24.3. The van der Waals surface area contributed by atoms with E-state index in [-0.39, 0.29) is 12.4 Å². The van der Waals surface area contributed by atoms with Crippen molar-refractivity contribution in [2.45, 2.75) is 6.92 Å². The van der Waals surface area contributed by atoms with E-state index in [4.69, 9.17) is 0 Å². The van der Waals surface area contributed by atoms with Gasteiger partial charge in [0.05, 0.1) is 6.61 Å². The summed E-state index contributed by atoms with van der Waals surface area (Å²) in [5.41, 5.74) is 1.44. The molecule has 0 heterocycles. The minimum Gasteiger partial charge on any atom is -0.507 e. The highest BCUT2D eigenvalue weighted by Gasteiger charge is 2.12. The van der Waals surface area contributed by atoms with E-state index in [0.717, 1.165) is 26.8 Å². The predicted octanol–water partition coefficient (Wildman–Crippen LogP) is 3.34. The maximum atomic E-state index is 10.4. The van der Waals surface area contributed by atoms with Crippen LogP contribution in [0.2, 0.25) is 0 Å². The fourth-order valence-corrected chi connectivity index (χ4v) is 2.90. The molecule has 0 unspecified atom stereocenters. The van der Waals surface area contributed by atoms with Gasteiger partial charge in [-0.3, -0.25) is 0 Å². The zero-order chi connectivity index (χ0) is 17.5. The van der Waals surface area contributed by atoms with Crippen molar-refractivity contribution in [3.8, 4) is 5.75 Å². The average molecular weight is 318 g/mol. The Morgan fingerprint density at radius 3 is 2.33 bits per heavy atom. The van der Waals surface area contributed by atoms with E-state index in [1.54, 1.807) is 6.07 Å². The molecule has 0 saturated heterocycles. The van der Waals surface area contributed by atoms with Gasteiger partial charge in [0.1, 0.15) is 5.75 Å². The van der Waals surface area contributed by atoms with Crippen LogP contribution in [0.4, 0.5) is 0 Å². The standard InChI is InChI=1S/C20H18O2.C2H4/c1-2-14-7-3-5-9-16(14)18(13-21)20-17-10-6-4-8-15(17)11-12-19(20)22;1-2/h2-12,21-22H,13H2,1H3;1-2H2/b14-2-,18-16+;. The summed E-state index contributed by atoms with van der Waals surface area (Å²) in [6.07, 6.45) is 2.01. The first-order chi connectivity index (χ1) is 11.8. The molecule has 0 saturated carbocycles. The minimum absolute atomic E-state index is 0.133. The van der Waals surface area contributed by atoms with Crippen molar-refractivity contribution < 1.29 is 10.2 Å². The van der Waals surface area contributed by atoms with Gasteiger partial charge in [0, 0.05) is 5.56 Å². The summed E-state index contributed by atoms with van der Waals surface area (Å²) >= 11 is 0. The third kappa shape index (κ3) is 3.24. The van der Waals surface area contributed by atoms with Crippen molar-refractivity contribution in [3.05, 3.63) is 89.8 Å². The molecule has 0 radical (unpaired) electrons. The first-order valence-electron chi connectivity index (χ1n) is 7.82. The molecular formula is C22H22O2. The van der Waals surface area contributed by atoms with Crippen LogP contribution >= 0.6 is 0 Å². The molecule has 0 amide bonds. The van der Waals surface area contributed by atoms with Crippen molar-refractivity contribution >= 4 is 22.4 Å². The van der Waals surface area contributed by atoms with Gasteiger partial charge < -0.3 is 10.2 Å². The van der Waals surface area contributed by atoms with Gasteiger partial charge in [-0.1, -0.05) is 60.7 Å². The molecule has 3 rings (SSSR count). The molecule has 2 N–H and O–H groups in total. The third-order valence-corrected chi connectivity index (χ3v) is 3.96. The summed E-state index contributed by atoms with van der Waals surface area (Å²) in [7, 11) is 0. The number of hydrogen-bond acceptors (Lipinski definition) is 2. The van der Waals surface area contributed by atoms with Crippen LogP contribution in [0, 0.1) is 0 Å². The zero-order valence-electron chi connectivity index (χ0n) is 13.9. The second-order valence-corrected chi connectivity index (χ2v) is 5.19. The van der Waals surface area contributed by atoms with Crippen LogP contribution in [0.1, 0.15) is 12.5 Å². The fourth-order valence-electron chi connectivity index (χ4n) is 2.90. The number of aliphatic hydroxyl groups excluding tert-OH is 1. The smallest absolute Gasteiger partial charge is 0.123 e. The summed E-state index contributed by atoms with van der Waals surface area (Å²) in [5.74, 6) is 0.189. The van der Waals surface area contributed by atoms with Crippen LogP contribution in [-0.4, -0.2) is 16.8 Å². The topological polar surface area (TPSA) is 40.5 Å². The van der Waals surface area contributed by atoms with E-state index in [2.05, 4.69) is 13.2 Å². The molecule has 122 valence electrons. The Morgan fingerprint density at radius 2 is 1.62 bits per heavy atom. The van der Waals surface area contributed by atoms with Crippen molar-refractivity contribution in [3.63, 3.8) is 0 Å². The molecule has 2 nitrogen and oxygen atoms in total. The van der Waals surface area contributed by atoms with E-state index in [9.17, 15) is 10.2 Å². The van der Waals surface area contributed by atoms with Gasteiger partial charge in [-0.2, -0.15) is 0 Å². The molecule has 24 heavy (non-hydrogen) atoms. The van der Waals surface area contributed by atoms with Crippen LogP contribution in [0.25, 0.3) is 22.4 Å². The first kappa shape index (κ1) is 17.5. The lowest BCUT2D eigenvalue weighted by molar-refractivity contribution is 0.348. The summed E-state index contributed by atoms with van der Waals surface area (Å²) in [6.45, 7) is 7.84. The molecule has 3 aromatic carbocycles. The normalized spacial score (nSPS) is 12.5. The number of rotatable bonds is 2. The van der Waals surface area contributed by atoms with Crippen molar-refractivity contribution in [2.24, 2.45) is 0 Å². The zero-order valence-corrected chi connectivity index (χ0v) is 13.9. The van der Waals surface area contributed by atoms with Crippen LogP contribution in [0.3, 0.4) is 0 Å². The van der Waals surface area contributed by atoms with Gasteiger partial charge in [0.25, 0.3) is 0 Å². The quantitative estimate of drug-likeness (QED) is 0.712. The van der Waals surface area contributed by atoms with Gasteiger partial charge in [-0.15, -0.1) is 13.2 Å². The number of fused-ring (bicyclic) bond motifs is 1. The Hall–Kier alpha value is -2.84. The predicted molar refractivity (Wildman–Crippen MR) is 102 cm³/mol. The Kier molecular flexibility index (Phi) is 5.94. The maximum absolute atomic E-state index is 10.4. The Morgan fingerprint density at radius 1 is 0.958 bits per heavy atom. The molecule has 0 aromatic heterocycles. The lowest BCUT2D eigenvalue weighted by Gasteiger charge is -2.12. The maximum Gasteiger partial charge on any atom is 0.123 e. The molecule has 0 aliphatic carbocycles. The summed E-state index contributed by atoms with van der Waals surface area (Å²) < 4.78 is 0. The molecule has 2 heteroatoms. The highest BCUT2D eigenvalue weighted by molar-refractivity contribution is 5.96. The second kappa shape index (κ2) is 8.14. The highest BCUT2D eigenvalue weighted by Crippen LogP contribution is 2.31. The fraction of sp³-hybridized carbons (Fsp3) is 0.0909. The lowest BCUT2D eigenvalue weighted by Crippen LogP contribution is -2.27. The number of phenolic OH excluding ortho intramolecular Hbond substituents is 1. The second-order valence-electron chi connectivity index (χ2n) is 5.19. The number of benzene rings is 3. The van der Waals surface area contributed by atoms with Crippen LogP contribution in [0.5, 0.6) is 5.75 Å². The van der Waals surface area contributed by atoms with Crippen LogP contribution in [0.15, 0.2) is 73.8 Å². The Balaban J connectivity index is 0.00000100. The van der Waals surface area contributed by atoms with Gasteiger partial charge in [-0.25, -0.2) is 0 Å². The lowest BCUT2D eigenvalue weighted by atomic mass is 9.95. The molecule has 0 bridgehead atoms. The summed E-state index contributed by atoms with van der Waals surface area (Å²) in [6, 6.07) is 19.4. The molecule has 0 atom stereocenters. The van der Waals surface area contributed by atoms with E-state index in [1.165, 1.54) is 0 Å². The minimum atomic E-state index is -0.133. The third-order valence-electron chi connectivity index (χ3n) is 3.96. The molecule has 3 aromatic rings. The van der Waals surface area contributed by atoms with Gasteiger partial charge in [0.15, 0.2) is 0 Å². The Labute approximate surface area is 142 Å². The highest BCUT2D eigenvalue weighted by atomic mass is 16.3. The van der Waals surface area contributed by atoms with Crippen molar-refractivity contribution in [1.29, 1.82) is 0 Å². The largest absolute Gasteiger partial charge is 0.507 e. The van der Waals surface area contributed by atoms with Crippen LogP contribution in [-0.2, 0) is 0 Å².